The second-order valence-electron chi connectivity index (χ2n) is 5.87. The summed E-state index contributed by atoms with van der Waals surface area (Å²) in [6.07, 6.45) is -1.96. The van der Waals surface area contributed by atoms with Gasteiger partial charge in [-0.25, -0.2) is 4.39 Å². The number of halogens is 1. The number of carbonyl (C=O) groups excluding carboxylic acids is 1. The van der Waals surface area contributed by atoms with Gasteiger partial charge in [0, 0.05) is 7.05 Å². The highest BCUT2D eigenvalue weighted by Crippen LogP contribution is 2.23. The number of benzene rings is 2. The van der Waals surface area contributed by atoms with Gasteiger partial charge >= 0.3 is 0 Å². The van der Waals surface area contributed by atoms with Gasteiger partial charge in [0.05, 0.1) is 24.7 Å². The third-order valence-electron chi connectivity index (χ3n) is 4.23. The summed E-state index contributed by atoms with van der Waals surface area (Å²) in [4.78, 5) is 13.8. The Morgan fingerprint density at radius 3 is 2.21 bits per heavy atom. The smallest absolute Gasteiger partial charge is 0.225 e. The van der Waals surface area contributed by atoms with Gasteiger partial charge in [-0.05, 0) is 30.2 Å². The molecule has 1 amide bonds. The molecule has 128 valence electrons. The molecule has 0 bridgehead atoms. The van der Waals surface area contributed by atoms with E-state index in [-0.39, 0.29) is 12.3 Å². The zero-order valence-electron chi connectivity index (χ0n) is 13.8. The Morgan fingerprint density at radius 2 is 1.62 bits per heavy atom. The monoisotopic (exact) mass is 331 g/mol. The van der Waals surface area contributed by atoms with Gasteiger partial charge in [-0.3, -0.25) is 4.79 Å². The van der Waals surface area contributed by atoms with Crippen molar-refractivity contribution in [2.24, 2.45) is 0 Å². The van der Waals surface area contributed by atoms with Crippen LogP contribution in [-0.4, -0.2) is 34.1 Å². The van der Waals surface area contributed by atoms with Crippen molar-refractivity contribution in [3.63, 3.8) is 0 Å². The average molecular weight is 331 g/mol. The molecule has 24 heavy (non-hydrogen) atoms. The molecule has 5 heteroatoms. The van der Waals surface area contributed by atoms with E-state index in [1.54, 1.807) is 26.1 Å². The maximum atomic E-state index is 12.9. The molecular formula is C19H22FNO3. The van der Waals surface area contributed by atoms with Crippen LogP contribution < -0.4 is 0 Å². The standard InChI is InChI=1S/C19H22FNO3/c1-13(19(24)15-6-4-3-5-7-15)21(2)18(23)12-17(22)14-8-10-16(20)11-9-14/h3-11,13,17,19,22,24H,12H2,1-2H3/t13-,17+,19+/m0/s1. The quantitative estimate of drug-likeness (QED) is 0.856. The molecule has 0 heterocycles. The maximum Gasteiger partial charge on any atom is 0.225 e. The highest BCUT2D eigenvalue weighted by molar-refractivity contribution is 5.77. The van der Waals surface area contributed by atoms with Gasteiger partial charge in [0.25, 0.3) is 0 Å². The number of carbonyl (C=O) groups is 1. The van der Waals surface area contributed by atoms with Gasteiger partial charge in [0.15, 0.2) is 0 Å². The zero-order chi connectivity index (χ0) is 17.7. The van der Waals surface area contributed by atoms with Crippen molar-refractivity contribution >= 4 is 5.91 Å². The van der Waals surface area contributed by atoms with E-state index < -0.39 is 24.1 Å². The molecule has 0 fully saturated rings. The largest absolute Gasteiger partial charge is 0.388 e. The third-order valence-corrected chi connectivity index (χ3v) is 4.23. The van der Waals surface area contributed by atoms with Crippen molar-refractivity contribution in [2.45, 2.75) is 31.6 Å². The van der Waals surface area contributed by atoms with Crippen LogP contribution in [0.5, 0.6) is 0 Å². The summed E-state index contributed by atoms with van der Waals surface area (Å²) in [6.45, 7) is 1.75. The van der Waals surface area contributed by atoms with Gasteiger partial charge < -0.3 is 15.1 Å². The number of aliphatic hydroxyl groups is 2. The predicted molar refractivity (Wildman–Crippen MR) is 89.6 cm³/mol. The van der Waals surface area contributed by atoms with Gasteiger partial charge in [-0.1, -0.05) is 42.5 Å². The molecule has 2 aromatic rings. The van der Waals surface area contributed by atoms with Gasteiger partial charge in [0.2, 0.25) is 5.91 Å². The first-order chi connectivity index (χ1) is 11.4. The lowest BCUT2D eigenvalue weighted by Crippen LogP contribution is -2.39. The van der Waals surface area contributed by atoms with E-state index in [0.717, 1.165) is 5.56 Å². The molecule has 0 aliphatic heterocycles. The molecule has 0 aromatic heterocycles. The van der Waals surface area contributed by atoms with E-state index in [1.807, 2.05) is 18.2 Å². The Morgan fingerprint density at radius 1 is 1.04 bits per heavy atom. The molecule has 2 aromatic carbocycles. The number of hydrogen-bond donors (Lipinski definition) is 2. The first-order valence-corrected chi connectivity index (χ1v) is 7.82. The lowest BCUT2D eigenvalue weighted by Gasteiger charge is -2.30. The van der Waals surface area contributed by atoms with Crippen LogP contribution in [0.15, 0.2) is 54.6 Å². The molecule has 3 atom stereocenters. The van der Waals surface area contributed by atoms with Gasteiger partial charge in [-0.15, -0.1) is 0 Å². The maximum absolute atomic E-state index is 12.9. The number of hydrogen-bond acceptors (Lipinski definition) is 3. The molecule has 0 aliphatic rings. The fraction of sp³-hybridized carbons (Fsp3) is 0.316. The second kappa shape index (κ2) is 8.04. The normalized spacial score (nSPS) is 14.7. The molecule has 0 saturated heterocycles. The molecule has 2 rings (SSSR count). The summed E-state index contributed by atoms with van der Waals surface area (Å²) in [5.74, 6) is -0.691. The third kappa shape index (κ3) is 4.40. The molecule has 0 unspecified atom stereocenters. The fourth-order valence-electron chi connectivity index (χ4n) is 2.48. The summed E-state index contributed by atoms with van der Waals surface area (Å²) in [5.41, 5.74) is 1.21. The number of amides is 1. The van der Waals surface area contributed by atoms with E-state index in [1.165, 1.54) is 29.2 Å². The lowest BCUT2D eigenvalue weighted by atomic mass is 10.0. The first kappa shape index (κ1) is 18.1. The molecule has 0 spiro atoms. The Labute approximate surface area is 141 Å². The lowest BCUT2D eigenvalue weighted by molar-refractivity contribution is -0.136. The first-order valence-electron chi connectivity index (χ1n) is 7.82. The van der Waals surface area contributed by atoms with Gasteiger partial charge in [0.1, 0.15) is 5.82 Å². The topological polar surface area (TPSA) is 60.8 Å². The minimum absolute atomic E-state index is 0.131. The number of likely N-dealkylation sites (N-methyl/N-ethyl adjacent to an activating group) is 1. The van der Waals surface area contributed by atoms with E-state index in [4.69, 9.17) is 0 Å². The summed E-state index contributed by atoms with van der Waals surface area (Å²) < 4.78 is 12.9. The highest BCUT2D eigenvalue weighted by Gasteiger charge is 2.25. The molecule has 0 saturated carbocycles. The number of aliphatic hydroxyl groups excluding tert-OH is 2. The zero-order valence-corrected chi connectivity index (χ0v) is 13.8. The van der Waals surface area contributed by atoms with Crippen LogP contribution >= 0.6 is 0 Å². The minimum atomic E-state index is -1.01. The van der Waals surface area contributed by atoms with E-state index in [0.29, 0.717) is 5.56 Å². The molecule has 4 nitrogen and oxygen atoms in total. The minimum Gasteiger partial charge on any atom is -0.388 e. The van der Waals surface area contributed by atoms with Crippen molar-refractivity contribution in [1.29, 1.82) is 0 Å². The molecular weight excluding hydrogens is 309 g/mol. The van der Waals surface area contributed by atoms with Gasteiger partial charge in [-0.2, -0.15) is 0 Å². The van der Waals surface area contributed by atoms with Crippen molar-refractivity contribution in [2.75, 3.05) is 7.05 Å². The van der Waals surface area contributed by atoms with E-state index in [2.05, 4.69) is 0 Å². The van der Waals surface area contributed by atoms with E-state index in [9.17, 15) is 19.4 Å². The molecule has 2 N–H and O–H groups in total. The van der Waals surface area contributed by atoms with Crippen LogP contribution in [0.3, 0.4) is 0 Å². The van der Waals surface area contributed by atoms with Crippen molar-refractivity contribution in [1.82, 2.24) is 4.90 Å². The van der Waals surface area contributed by atoms with Crippen molar-refractivity contribution < 1.29 is 19.4 Å². The van der Waals surface area contributed by atoms with Crippen LogP contribution in [0.25, 0.3) is 0 Å². The summed E-state index contributed by atoms with van der Waals surface area (Å²) >= 11 is 0. The number of rotatable bonds is 6. The Kier molecular flexibility index (Phi) is 6.06. The summed E-state index contributed by atoms with van der Waals surface area (Å²) in [6, 6.07) is 14.1. The average Bonchev–Trinajstić information content (AvgIpc) is 2.61. The van der Waals surface area contributed by atoms with Crippen LogP contribution in [0, 0.1) is 5.82 Å². The fourth-order valence-corrected chi connectivity index (χ4v) is 2.48. The predicted octanol–water partition coefficient (Wildman–Crippen LogP) is 2.83. The Bertz CT molecular complexity index is 660. The summed E-state index contributed by atoms with van der Waals surface area (Å²) in [7, 11) is 1.59. The van der Waals surface area contributed by atoms with Crippen molar-refractivity contribution in [3.05, 3.63) is 71.5 Å². The van der Waals surface area contributed by atoms with E-state index >= 15 is 0 Å². The Balaban J connectivity index is 1.99. The SMILES string of the molecule is C[C@@H]([C@@H](O)c1ccccc1)N(C)C(=O)C[C@@H](O)c1ccc(F)cc1. The second-order valence-corrected chi connectivity index (χ2v) is 5.87. The number of nitrogens with zero attached hydrogens (tertiary/aromatic N) is 1. The Hall–Kier alpha value is -2.24. The van der Waals surface area contributed by atoms with Crippen molar-refractivity contribution in [3.8, 4) is 0 Å². The molecule has 0 aliphatic carbocycles. The van der Waals surface area contributed by atoms with Crippen LogP contribution in [0.1, 0.15) is 36.7 Å². The van der Waals surface area contributed by atoms with Crippen LogP contribution in [-0.2, 0) is 4.79 Å². The van der Waals surface area contributed by atoms with Crippen LogP contribution in [0.4, 0.5) is 4.39 Å². The van der Waals surface area contributed by atoms with Crippen LogP contribution in [0.2, 0.25) is 0 Å². The summed E-state index contributed by atoms with van der Waals surface area (Å²) in [5, 5.41) is 20.5. The molecule has 0 radical (unpaired) electrons. The highest BCUT2D eigenvalue weighted by atomic mass is 19.1.